The second-order valence-electron chi connectivity index (χ2n) is 4.61. The Bertz CT molecular complexity index is 842. The van der Waals surface area contributed by atoms with Gasteiger partial charge in [-0.15, -0.1) is 11.3 Å². The van der Waals surface area contributed by atoms with Gasteiger partial charge in [0.2, 0.25) is 0 Å². The van der Waals surface area contributed by atoms with E-state index in [1.54, 1.807) is 25.1 Å². The lowest BCUT2D eigenvalue weighted by Crippen LogP contribution is -2.05. The summed E-state index contributed by atoms with van der Waals surface area (Å²) >= 11 is 0.923. The molecular weight excluding hydrogens is 313 g/mol. The van der Waals surface area contributed by atoms with Crippen molar-refractivity contribution >= 4 is 22.2 Å². The number of hydrogen-bond donors (Lipinski definition) is 0. The van der Waals surface area contributed by atoms with E-state index in [2.05, 4.69) is 16.2 Å². The second kappa shape index (κ2) is 5.24. The van der Waals surface area contributed by atoms with Crippen LogP contribution in [0.15, 0.2) is 23.6 Å². The van der Waals surface area contributed by atoms with Crippen LogP contribution in [0.3, 0.4) is 0 Å². The van der Waals surface area contributed by atoms with E-state index in [9.17, 15) is 13.2 Å². The molecule has 0 aliphatic rings. The Balaban J connectivity index is 2.20. The van der Waals surface area contributed by atoms with Gasteiger partial charge in [0.1, 0.15) is 17.0 Å². The summed E-state index contributed by atoms with van der Waals surface area (Å²) in [5.41, 5.74) is 0.969. The number of aryl methyl sites for hydroxylation is 1. The molecule has 3 nitrogen and oxygen atoms in total. The Morgan fingerprint density at radius 3 is 2.68 bits per heavy atom. The molecule has 3 aromatic rings. The lowest BCUT2D eigenvalue weighted by atomic mass is 10.0. The molecule has 2 aromatic heterocycles. The first-order valence-electron chi connectivity index (χ1n) is 6.30. The van der Waals surface area contributed by atoms with Crippen LogP contribution >= 0.6 is 11.3 Å². The number of methoxy groups -OCH3 is 1. The van der Waals surface area contributed by atoms with Crippen molar-refractivity contribution in [3.8, 4) is 16.3 Å². The summed E-state index contributed by atoms with van der Waals surface area (Å²) in [6.45, 7) is 1.80. The van der Waals surface area contributed by atoms with Crippen molar-refractivity contribution in [1.29, 1.82) is 0 Å². The standard InChI is InChI=1S/C15H10F3N2OS/c1-8-9(14-20-12(7-22-14)15(16,17)18)6-19-10-4-3-5-11(21-2)13(8)10/h3-5,7H,1-2H3. The van der Waals surface area contributed by atoms with Crippen LogP contribution in [0.2, 0.25) is 0 Å². The summed E-state index contributed by atoms with van der Waals surface area (Å²) in [5.74, 6) is 0.616. The Kier molecular flexibility index (Phi) is 3.52. The monoisotopic (exact) mass is 323 g/mol. The first-order chi connectivity index (χ1) is 10.4. The molecule has 0 atom stereocenters. The van der Waals surface area contributed by atoms with Crippen molar-refractivity contribution in [3.05, 3.63) is 41.0 Å². The maximum Gasteiger partial charge on any atom is 0.434 e. The number of aromatic nitrogens is 2. The number of pyridine rings is 1. The normalized spacial score (nSPS) is 11.9. The lowest BCUT2D eigenvalue weighted by molar-refractivity contribution is -0.140. The summed E-state index contributed by atoms with van der Waals surface area (Å²) in [7, 11) is 1.54. The van der Waals surface area contributed by atoms with Crippen LogP contribution in [0.4, 0.5) is 13.2 Å². The molecule has 0 bridgehead atoms. The minimum Gasteiger partial charge on any atom is -0.496 e. The van der Waals surface area contributed by atoms with Gasteiger partial charge in [-0.25, -0.2) is 9.97 Å². The Labute approximate surface area is 128 Å². The van der Waals surface area contributed by atoms with Gasteiger partial charge in [0, 0.05) is 16.3 Å². The van der Waals surface area contributed by atoms with Crippen LogP contribution in [0.25, 0.3) is 21.5 Å². The van der Waals surface area contributed by atoms with Gasteiger partial charge in [-0.1, -0.05) is 6.07 Å². The summed E-state index contributed by atoms with van der Waals surface area (Å²) < 4.78 is 43.4. The topological polar surface area (TPSA) is 35.0 Å². The number of thiazole rings is 1. The molecule has 3 rings (SSSR count). The summed E-state index contributed by atoms with van der Waals surface area (Å²) in [6.07, 6.45) is -1.67. The minimum atomic E-state index is -4.45. The number of ether oxygens (including phenoxy) is 1. The Morgan fingerprint density at radius 2 is 2.05 bits per heavy atom. The summed E-state index contributed by atoms with van der Waals surface area (Å²) in [5, 5.41) is 1.99. The van der Waals surface area contributed by atoms with E-state index in [4.69, 9.17) is 4.74 Å². The SMILES string of the molecule is COc1cccc2n[c]c(-c3nc(C(F)(F)F)cs3)c(C)c12. The highest BCUT2D eigenvalue weighted by atomic mass is 32.1. The van der Waals surface area contributed by atoms with Crippen molar-refractivity contribution in [1.82, 2.24) is 9.97 Å². The number of hydrogen-bond acceptors (Lipinski definition) is 4. The maximum atomic E-state index is 12.7. The number of halogens is 3. The molecular formula is C15H10F3N2OS. The predicted octanol–water partition coefficient (Wildman–Crippen LogP) is 4.49. The highest BCUT2D eigenvalue weighted by molar-refractivity contribution is 7.13. The molecule has 0 fully saturated rings. The number of benzene rings is 1. The molecule has 7 heteroatoms. The van der Waals surface area contributed by atoms with E-state index in [-0.39, 0.29) is 5.01 Å². The van der Waals surface area contributed by atoms with Gasteiger partial charge in [0.15, 0.2) is 5.69 Å². The van der Waals surface area contributed by atoms with E-state index in [0.717, 1.165) is 27.7 Å². The number of nitrogens with zero attached hydrogens (tertiary/aromatic N) is 2. The van der Waals surface area contributed by atoms with E-state index in [1.165, 1.54) is 7.11 Å². The zero-order valence-corrected chi connectivity index (χ0v) is 12.5. The molecule has 0 spiro atoms. The molecule has 0 saturated heterocycles. The summed E-state index contributed by atoms with van der Waals surface area (Å²) in [4.78, 5) is 7.84. The molecule has 113 valence electrons. The number of fused-ring (bicyclic) bond motifs is 1. The fraction of sp³-hybridized carbons (Fsp3) is 0.200. The molecule has 0 N–H and O–H groups in total. The largest absolute Gasteiger partial charge is 0.496 e. The fourth-order valence-electron chi connectivity index (χ4n) is 2.21. The molecule has 1 radical (unpaired) electrons. The van der Waals surface area contributed by atoms with Crippen molar-refractivity contribution in [2.45, 2.75) is 13.1 Å². The first kappa shape index (κ1) is 14.8. The Hall–Kier alpha value is -2.15. The molecule has 0 saturated carbocycles. The van der Waals surface area contributed by atoms with Crippen LogP contribution in [-0.2, 0) is 6.18 Å². The molecule has 22 heavy (non-hydrogen) atoms. The highest BCUT2D eigenvalue weighted by Gasteiger charge is 2.34. The summed E-state index contributed by atoms with van der Waals surface area (Å²) in [6, 6.07) is 5.38. The fourth-order valence-corrected chi connectivity index (χ4v) is 3.09. The van der Waals surface area contributed by atoms with Crippen molar-refractivity contribution in [2.24, 2.45) is 0 Å². The van der Waals surface area contributed by atoms with Gasteiger partial charge in [-0.3, -0.25) is 0 Å². The van der Waals surface area contributed by atoms with Crippen molar-refractivity contribution in [3.63, 3.8) is 0 Å². The minimum absolute atomic E-state index is 0.241. The van der Waals surface area contributed by atoms with Gasteiger partial charge >= 0.3 is 6.18 Å². The third-order valence-corrected chi connectivity index (χ3v) is 4.13. The van der Waals surface area contributed by atoms with Crippen LogP contribution in [0.5, 0.6) is 5.75 Å². The van der Waals surface area contributed by atoms with Crippen LogP contribution in [-0.4, -0.2) is 17.1 Å². The van der Waals surface area contributed by atoms with Gasteiger partial charge in [-0.05, 0) is 24.6 Å². The molecule has 0 unspecified atom stereocenters. The van der Waals surface area contributed by atoms with Gasteiger partial charge in [-0.2, -0.15) is 13.2 Å². The Morgan fingerprint density at radius 1 is 1.27 bits per heavy atom. The second-order valence-corrected chi connectivity index (χ2v) is 5.47. The molecule has 1 aromatic carbocycles. The number of rotatable bonds is 2. The van der Waals surface area contributed by atoms with E-state index in [0.29, 0.717) is 16.8 Å². The highest BCUT2D eigenvalue weighted by Crippen LogP contribution is 2.37. The lowest BCUT2D eigenvalue weighted by Gasteiger charge is -2.10. The zero-order valence-electron chi connectivity index (χ0n) is 11.7. The molecule has 0 aliphatic carbocycles. The van der Waals surface area contributed by atoms with Gasteiger partial charge in [0.05, 0.1) is 12.6 Å². The van der Waals surface area contributed by atoms with Crippen molar-refractivity contribution in [2.75, 3.05) is 7.11 Å². The average Bonchev–Trinajstić information content (AvgIpc) is 2.96. The van der Waals surface area contributed by atoms with Crippen LogP contribution in [0, 0.1) is 13.1 Å². The maximum absolute atomic E-state index is 12.7. The smallest absolute Gasteiger partial charge is 0.434 e. The van der Waals surface area contributed by atoms with Gasteiger partial charge in [0.25, 0.3) is 0 Å². The van der Waals surface area contributed by atoms with Crippen LogP contribution < -0.4 is 4.74 Å². The van der Waals surface area contributed by atoms with Crippen molar-refractivity contribution < 1.29 is 17.9 Å². The van der Waals surface area contributed by atoms with E-state index in [1.807, 2.05) is 0 Å². The van der Waals surface area contributed by atoms with E-state index >= 15 is 0 Å². The third-order valence-electron chi connectivity index (χ3n) is 3.27. The molecule has 0 amide bonds. The molecule has 2 heterocycles. The molecule has 0 aliphatic heterocycles. The van der Waals surface area contributed by atoms with Gasteiger partial charge < -0.3 is 4.74 Å². The average molecular weight is 323 g/mol. The zero-order chi connectivity index (χ0) is 15.9. The third kappa shape index (κ3) is 2.41. The quantitative estimate of drug-likeness (QED) is 0.697. The predicted molar refractivity (Wildman–Crippen MR) is 78.0 cm³/mol. The van der Waals surface area contributed by atoms with Crippen LogP contribution in [0.1, 0.15) is 11.3 Å². The van der Waals surface area contributed by atoms with E-state index < -0.39 is 11.9 Å². The number of alkyl halides is 3. The first-order valence-corrected chi connectivity index (χ1v) is 7.18.